The number of carbonyl (C=O) groups is 2. The maximum atomic E-state index is 12.6. The number of ether oxygens (including phenoxy) is 1. The summed E-state index contributed by atoms with van der Waals surface area (Å²) in [6, 6.07) is 8.61. The number of aromatic nitrogens is 2. The number of rotatable bonds is 5. The van der Waals surface area contributed by atoms with Gasteiger partial charge in [0.1, 0.15) is 5.54 Å². The van der Waals surface area contributed by atoms with E-state index in [9.17, 15) is 19.6 Å². The van der Waals surface area contributed by atoms with Gasteiger partial charge in [-0.1, -0.05) is 32.0 Å². The summed E-state index contributed by atoms with van der Waals surface area (Å²) >= 11 is 0. The fraction of sp³-hybridized carbons (Fsp3) is 0.421. The molecular formula is C19H22N4O4. The third-order valence-electron chi connectivity index (χ3n) is 4.57. The number of carbonyl (C=O) groups excluding carboxylic acids is 2. The van der Waals surface area contributed by atoms with Gasteiger partial charge in [0.2, 0.25) is 0 Å². The molecule has 0 saturated carbocycles. The van der Waals surface area contributed by atoms with Gasteiger partial charge in [0.25, 0.3) is 11.5 Å². The Hall–Kier alpha value is -3.21. The van der Waals surface area contributed by atoms with E-state index in [2.05, 4.69) is 16.5 Å². The van der Waals surface area contributed by atoms with Crippen molar-refractivity contribution in [2.75, 3.05) is 0 Å². The third kappa shape index (κ3) is 3.97. The van der Waals surface area contributed by atoms with E-state index in [4.69, 9.17) is 4.74 Å². The Balaban J connectivity index is 2.27. The van der Waals surface area contributed by atoms with E-state index in [-0.39, 0.29) is 17.2 Å². The monoisotopic (exact) mass is 370 g/mol. The highest BCUT2D eigenvalue weighted by Gasteiger charge is 2.33. The summed E-state index contributed by atoms with van der Waals surface area (Å²) in [6.07, 6.45) is -1.14. The molecule has 0 radical (unpaired) electrons. The topological polar surface area (TPSA) is 114 Å². The average Bonchev–Trinajstić information content (AvgIpc) is 2.64. The minimum atomic E-state index is -1.14. The lowest BCUT2D eigenvalue weighted by molar-refractivity contribution is -0.130. The highest BCUT2D eigenvalue weighted by molar-refractivity contribution is 6.02. The van der Waals surface area contributed by atoms with Gasteiger partial charge in [-0.2, -0.15) is 10.4 Å². The fourth-order valence-corrected chi connectivity index (χ4v) is 2.38. The normalized spacial score (nSPS) is 14.3. The second-order valence-corrected chi connectivity index (χ2v) is 6.83. The van der Waals surface area contributed by atoms with E-state index in [0.29, 0.717) is 10.8 Å². The van der Waals surface area contributed by atoms with Gasteiger partial charge < -0.3 is 10.1 Å². The molecule has 1 heterocycles. The lowest BCUT2D eigenvalue weighted by Crippen LogP contribution is -2.52. The first-order chi connectivity index (χ1) is 12.6. The molecular weight excluding hydrogens is 348 g/mol. The van der Waals surface area contributed by atoms with Gasteiger partial charge in [-0.25, -0.2) is 9.48 Å². The molecule has 2 rings (SSSR count). The highest BCUT2D eigenvalue weighted by Crippen LogP contribution is 2.17. The average molecular weight is 370 g/mol. The van der Waals surface area contributed by atoms with E-state index in [1.165, 1.54) is 14.0 Å². The zero-order chi connectivity index (χ0) is 20.4. The van der Waals surface area contributed by atoms with E-state index >= 15 is 0 Å². The van der Waals surface area contributed by atoms with Gasteiger partial charge in [-0.3, -0.25) is 9.59 Å². The number of esters is 1. The molecule has 0 aliphatic carbocycles. The van der Waals surface area contributed by atoms with Crippen molar-refractivity contribution in [2.45, 2.75) is 39.3 Å². The Kier molecular flexibility index (Phi) is 5.64. The van der Waals surface area contributed by atoms with Crippen molar-refractivity contribution in [3.8, 4) is 6.07 Å². The maximum absolute atomic E-state index is 12.6. The number of amides is 1. The molecule has 2 aromatic rings. The molecule has 1 aromatic heterocycles. The lowest BCUT2D eigenvalue weighted by Gasteiger charge is -2.28. The van der Waals surface area contributed by atoms with Gasteiger partial charge in [-0.15, -0.1) is 0 Å². The number of fused-ring (bicyclic) bond motifs is 1. The molecule has 1 amide bonds. The molecule has 0 aliphatic heterocycles. The van der Waals surface area contributed by atoms with Crippen LogP contribution >= 0.6 is 0 Å². The molecule has 0 spiro atoms. The SMILES string of the molecule is CC(C)[C@](C)(C#N)NC(=O)[C@@H](C)OC(=O)c1nn(C)c(=O)c2ccccc12. The van der Waals surface area contributed by atoms with Crippen LogP contribution in [-0.2, 0) is 16.6 Å². The predicted octanol–water partition coefficient (Wildman–Crippen LogP) is 1.53. The molecule has 0 bridgehead atoms. The molecule has 1 N–H and O–H groups in total. The molecule has 27 heavy (non-hydrogen) atoms. The smallest absolute Gasteiger partial charge is 0.360 e. The number of nitrogens with one attached hydrogen (secondary N) is 1. The first-order valence-corrected chi connectivity index (χ1v) is 8.51. The summed E-state index contributed by atoms with van der Waals surface area (Å²) in [5, 5.41) is 16.6. The number of nitrogens with zero attached hydrogens (tertiary/aromatic N) is 3. The second-order valence-electron chi connectivity index (χ2n) is 6.83. The van der Waals surface area contributed by atoms with Crippen molar-refractivity contribution in [1.29, 1.82) is 5.26 Å². The number of nitriles is 1. The van der Waals surface area contributed by atoms with Crippen molar-refractivity contribution in [2.24, 2.45) is 13.0 Å². The van der Waals surface area contributed by atoms with Gasteiger partial charge in [-0.05, 0) is 25.8 Å². The van der Waals surface area contributed by atoms with Crippen LogP contribution in [0, 0.1) is 17.2 Å². The first kappa shape index (κ1) is 20.1. The standard InChI is InChI=1S/C19H22N4O4/c1-11(2)19(4,10-20)21-16(24)12(3)27-18(26)15-13-8-6-7-9-14(13)17(25)23(5)22-15/h6-9,11-12H,1-5H3,(H,21,24)/t12-,19+/m1/s1. The molecule has 8 heteroatoms. The molecule has 8 nitrogen and oxygen atoms in total. The number of hydrogen-bond acceptors (Lipinski definition) is 6. The van der Waals surface area contributed by atoms with Gasteiger partial charge >= 0.3 is 5.97 Å². The molecule has 2 atom stereocenters. The van der Waals surface area contributed by atoms with Crippen LogP contribution in [0.4, 0.5) is 0 Å². The van der Waals surface area contributed by atoms with Crippen LogP contribution in [0.25, 0.3) is 10.8 Å². The Morgan fingerprint density at radius 3 is 2.41 bits per heavy atom. The molecule has 142 valence electrons. The summed E-state index contributed by atoms with van der Waals surface area (Å²) in [5.41, 5.74) is -1.48. The van der Waals surface area contributed by atoms with E-state index < -0.39 is 23.5 Å². The van der Waals surface area contributed by atoms with Crippen molar-refractivity contribution < 1.29 is 14.3 Å². The summed E-state index contributed by atoms with van der Waals surface area (Å²) in [6.45, 7) is 6.63. The van der Waals surface area contributed by atoms with Crippen molar-refractivity contribution in [1.82, 2.24) is 15.1 Å². The Bertz CT molecular complexity index is 989. The van der Waals surface area contributed by atoms with Gasteiger partial charge in [0, 0.05) is 12.4 Å². The zero-order valence-corrected chi connectivity index (χ0v) is 15.9. The zero-order valence-electron chi connectivity index (χ0n) is 15.9. The molecule has 0 aliphatic rings. The Labute approximate surface area is 156 Å². The highest BCUT2D eigenvalue weighted by atomic mass is 16.5. The summed E-state index contributed by atoms with van der Waals surface area (Å²) in [5.74, 6) is -1.55. The van der Waals surface area contributed by atoms with Crippen LogP contribution < -0.4 is 10.9 Å². The van der Waals surface area contributed by atoms with Gasteiger partial charge in [0.15, 0.2) is 11.8 Å². The summed E-state index contributed by atoms with van der Waals surface area (Å²) in [4.78, 5) is 37.1. The lowest BCUT2D eigenvalue weighted by atomic mass is 9.90. The van der Waals surface area contributed by atoms with E-state index in [1.54, 1.807) is 45.0 Å². The van der Waals surface area contributed by atoms with Crippen molar-refractivity contribution >= 4 is 22.6 Å². The van der Waals surface area contributed by atoms with Gasteiger partial charge in [0.05, 0.1) is 11.5 Å². The molecule has 1 aromatic carbocycles. The van der Waals surface area contributed by atoms with Crippen LogP contribution in [0.5, 0.6) is 0 Å². The largest absolute Gasteiger partial charge is 0.448 e. The van der Waals surface area contributed by atoms with E-state index in [0.717, 1.165) is 4.68 Å². The number of aryl methyl sites for hydroxylation is 1. The minimum Gasteiger partial charge on any atom is -0.448 e. The first-order valence-electron chi connectivity index (χ1n) is 8.51. The van der Waals surface area contributed by atoms with Crippen molar-refractivity contribution in [3.05, 3.63) is 40.3 Å². The Morgan fingerprint density at radius 1 is 1.26 bits per heavy atom. The molecule has 0 fully saturated rings. The molecule has 0 unspecified atom stereocenters. The number of benzene rings is 1. The van der Waals surface area contributed by atoms with Crippen LogP contribution in [0.15, 0.2) is 29.1 Å². The second kappa shape index (κ2) is 7.58. The predicted molar refractivity (Wildman–Crippen MR) is 98.9 cm³/mol. The number of hydrogen-bond donors (Lipinski definition) is 1. The Morgan fingerprint density at radius 2 is 1.85 bits per heavy atom. The third-order valence-corrected chi connectivity index (χ3v) is 4.57. The maximum Gasteiger partial charge on any atom is 0.360 e. The van der Waals surface area contributed by atoms with E-state index in [1.807, 2.05) is 0 Å². The van der Waals surface area contributed by atoms with Crippen LogP contribution in [0.1, 0.15) is 38.2 Å². The quantitative estimate of drug-likeness (QED) is 0.799. The fourth-order valence-electron chi connectivity index (χ4n) is 2.38. The minimum absolute atomic E-state index is 0.0562. The van der Waals surface area contributed by atoms with Crippen LogP contribution in [0.3, 0.4) is 0 Å². The van der Waals surface area contributed by atoms with Crippen LogP contribution in [-0.4, -0.2) is 33.3 Å². The van der Waals surface area contributed by atoms with Crippen LogP contribution in [0.2, 0.25) is 0 Å². The summed E-state index contributed by atoms with van der Waals surface area (Å²) < 4.78 is 6.28. The molecule has 0 saturated heterocycles. The van der Waals surface area contributed by atoms with Crippen molar-refractivity contribution in [3.63, 3.8) is 0 Å². The summed E-state index contributed by atoms with van der Waals surface area (Å²) in [7, 11) is 1.43.